The van der Waals surface area contributed by atoms with Crippen LogP contribution in [0.5, 0.6) is 11.8 Å². The molecule has 0 aliphatic heterocycles. The van der Waals surface area contributed by atoms with Crippen molar-refractivity contribution in [3.63, 3.8) is 0 Å². The van der Waals surface area contributed by atoms with Crippen molar-refractivity contribution in [1.82, 2.24) is 25.4 Å². The van der Waals surface area contributed by atoms with Gasteiger partial charge < -0.3 is 14.6 Å². The molecule has 1 atom stereocenters. The average molecular weight is 237 g/mol. The first-order valence-electron chi connectivity index (χ1n) is 4.75. The number of hydrogen-bond acceptors (Lipinski definition) is 7. The summed E-state index contributed by atoms with van der Waals surface area (Å²) in [5.74, 6) is 0.484. The summed E-state index contributed by atoms with van der Waals surface area (Å²) in [5, 5.41) is 19.8. The molecule has 0 spiro atoms. The van der Waals surface area contributed by atoms with Gasteiger partial charge in [0, 0.05) is 0 Å². The van der Waals surface area contributed by atoms with Gasteiger partial charge in [-0.2, -0.15) is 20.4 Å². The van der Waals surface area contributed by atoms with E-state index in [-0.39, 0.29) is 11.6 Å². The molecule has 0 aliphatic carbocycles. The fourth-order valence-corrected chi connectivity index (χ4v) is 1.28. The van der Waals surface area contributed by atoms with E-state index < -0.39 is 6.10 Å². The van der Waals surface area contributed by atoms with Crippen molar-refractivity contribution in [2.75, 3.05) is 14.2 Å². The molecule has 0 aromatic carbocycles. The number of methoxy groups -OCH3 is 2. The summed E-state index contributed by atoms with van der Waals surface area (Å²) in [5.41, 5.74) is 0.588. The van der Waals surface area contributed by atoms with Crippen LogP contribution in [0.15, 0.2) is 12.4 Å². The van der Waals surface area contributed by atoms with Gasteiger partial charge in [-0.25, -0.2) is 4.98 Å². The summed E-state index contributed by atoms with van der Waals surface area (Å²) in [6.45, 7) is 0. The van der Waals surface area contributed by atoms with Gasteiger partial charge in [0.1, 0.15) is 17.5 Å². The van der Waals surface area contributed by atoms with Crippen molar-refractivity contribution >= 4 is 0 Å². The largest absolute Gasteiger partial charge is 0.480 e. The van der Waals surface area contributed by atoms with Gasteiger partial charge in [0.15, 0.2) is 0 Å². The molecule has 2 N–H and O–H groups in total. The molecule has 0 fully saturated rings. The summed E-state index contributed by atoms with van der Waals surface area (Å²) >= 11 is 0. The van der Waals surface area contributed by atoms with Crippen LogP contribution in [-0.4, -0.2) is 44.7 Å². The van der Waals surface area contributed by atoms with E-state index in [1.54, 1.807) is 0 Å². The fourth-order valence-electron chi connectivity index (χ4n) is 1.28. The Morgan fingerprint density at radius 1 is 1.29 bits per heavy atom. The molecule has 0 saturated heterocycles. The molecule has 2 rings (SSSR count). The topological polar surface area (TPSA) is 106 Å². The molecule has 8 heteroatoms. The maximum Gasteiger partial charge on any atom is 0.241 e. The van der Waals surface area contributed by atoms with E-state index in [9.17, 15) is 5.11 Å². The molecular formula is C9H11N5O3. The van der Waals surface area contributed by atoms with Crippen molar-refractivity contribution in [2.24, 2.45) is 0 Å². The third-order valence-corrected chi connectivity index (χ3v) is 2.12. The Labute approximate surface area is 96.6 Å². The lowest BCUT2D eigenvalue weighted by molar-refractivity contribution is 0.202. The first-order chi connectivity index (χ1) is 8.26. The normalized spacial score (nSPS) is 12.2. The number of ether oxygens (including phenoxy) is 2. The maximum absolute atomic E-state index is 10.0. The lowest BCUT2D eigenvalue weighted by Gasteiger charge is -2.11. The first kappa shape index (κ1) is 11.3. The van der Waals surface area contributed by atoms with Crippen molar-refractivity contribution < 1.29 is 14.6 Å². The number of H-pyrrole nitrogens is 1. The van der Waals surface area contributed by atoms with Crippen molar-refractivity contribution in [2.45, 2.75) is 6.10 Å². The number of aliphatic hydroxyl groups is 1. The van der Waals surface area contributed by atoms with E-state index in [1.807, 2.05) is 0 Å². The first-order valence-corrected chi connectivity index (χ1v) is 4.75. The lowest BCUT2D eigenvalue weighted by atomic mass is 10.2. The van der Waals surface area contributed by atoms with Crippen LogP contribution in [0.2, 0.25) is 0 Å². The lowest BCUT2D eigenvalue weighted by Crippen LogP contribution is -2.07. The van der Waals surface area contributed by atoms with E-state index in [4.69, 9.17) is 9.47 Å². The van der Waals surface area contributed by atoms with Crippen LogP contribution in [0.25, 0.3) is 0 Å². The zero-order valence-corrected chi connectivity index (χ0v) is 9.28. The van der Waals surface area contributed by atoms with Crippen LogP contribution in [0.1, 0.15) is 17.5 Å². The zero-order valence-electron chi connectivity index (χ0n) is 9.28. The predicted octanol–water partition coefficient (Wildman–Crippen LogP) is -0.306. The number of hydrogen-bond donors (Lipinski definition) is 2. The Balaban J connectivity index is 2.38. The predicted molar refractivity (Wildman–Crippen MR) is 55.6 cm³/mol. The number of nitrogens with one attached hydrogen (secondary N) is 1. The van der Waals surface area contributed by atoms with E-state index in [0.717, 1.165) is 0 Å². The van der Waals surface area contributed by atoms with E-state index in [1.165, 1.54) is 26.6 Å². The van der Waals surface area contributed by atoms with Gasteiger partial charge >= 0.3 is 0 Å². The fraction of sp³-hybridized carbons (Fsp3) is 0.333. The van der Waals surface area contributed by atoms with Crippen molar-refractivity contribution in [3.05, 3.63) is 23.8 Å². The summed E-state index contributed by atoms with van der Waals surface area (Å²) in [6.07, 6.45) is 1.74. The van der Waals surface area contributed by atoms with Crippen LogP contribution >= 0.6 is 0 Å². The molecule has 0 amide bonds. The average Bonchev–Trinajstić information content (AvgIpc) is 2.91. The van der Waals surface area contributed by atoms with Gasteiger partial charge in [-0.15, -0.1) is 0 Å². The SMILES string of the molecule is COc1cnc(C(O)c2cn[nH]n2)c(OC)n1. The molecule has 17 heavy (non-hydrogen) atoms. The second-order valence-electron chi connectivity index (χ2n) is 3.10. The quantitative estimate of drug-likeness (QED) is 0.751. The van der Waals surface area contributed by atoms with Crippen LogP contribution in [-0.2, 0) is 0 Å². The van der Waals surface area contributed by atoms with E-state index in [0.29, 0.717) is 11.6 Å². The molecule has 2 aromatic heterocycles. The van der Waals surface area contributed by atoms with Crippen molar-refractivity contribution in [1.29, 1.82) is 0 Å². The number of rotatable bonds is 4. The molecule has 90 valence electrons. The Bertz CT molecular complexity index is 487. The second kappa shape index (κ2) is 4.74. The molecule has 2 aromatic rings. The number of aliphatic hydroxyl groups excluding tert-OH is 1. The second-order valence-corrected chi connectivity index (χ2v) is 3.10. The monoisotopic (exact) mass is 237 g/mol. The molecule has 8 nitrogen and oxygen atoms in total. The van der Waals surface area contributed by atoms with Gasteiger partial charge in [0.2, 0.25) is 11.8 Å². The van der Waals surface area contributed by atoms with E-state index in [2.05, 4.69) is 25.4 Å². The minimum absolute atomic E-state index is 0.180. The minimum atomic E-state index is -1.05. The maximum atomic E-state index is 10.0. The Morgan fingerprint density at radius 3 is 2.71 bits per heavy atom. The highest BCUT2D eigenvalue weighted by molar-refractivity contribution is 5.28. The highest BCUT2D eigenvalue weighted by atomic mass is 16.5. The summed E-state index contributed by atoms with van der Waals surface area (Å²) in [6, 6.07) is 0. The Kier molecular flexibility index (Phi) is 3.15. The molecule has 0 bridgehead atoms. The summed E-state index contributed by atoms with van der Waals surface area (Å²) < 4.78 is 9.95. The van der Waals surface area contributed by atoms with Gasteiger partial charge in [0.05, 0.1) is 26.6 Å². The standard InChI is InChI=1S/C9H11N5O3/c1-16-6-4-10-7(9(12-6)17-2)8(15)5-3-11-14-13-5/h3-4,8,15H,1-2H3,(H,11,13,14). The van der Waals surface area contributed by atoms with Crippen LogP contribution in [0.3, 0.4) is 0 Å². The number of nitrogens with zero attached hydrogens (tertiary/aromatic N) is 4. The molecule has 1 unspecified atom stereocenters. The van der Waals surface area contributed by atoms with Gasteiger partial charge in [-0.3, -0.25) is 0 Å². The number of aromatic nitrogens is 5. The van der Waals surface area contributed by atoms with Gasteiger partial charge in [-0.05, 0) is 0 Å². The minimum Gasteiger partial charge on any atom is -0.480 e. The van der Waals surface area contributed by atoms with E-state index >= 15 is 0 Å². The van der Waals surface area contributed by atoms with Gasteiger partial charge in [-0.1, -0.05) is 0 Å². The van der Waals surface area contributed by atoms with Crippen LogP contribution in [0.4, 0.5) is 0 Å². The zero-order chi connectivity index (χ0) is 12.3. The summed E-state index contributed by atoms with van der Waals surface area (Å²) in [7, 11) is 2.90. The molecule has 0 saturated carbocycles. The molecular weight excluding hydrogens is 226 g/mol. The Hall–Kier alpha value is -2.22. The highest BCUT2D eigenvalue weighted by Crippen LogP contribution is 2.26. The smallest absolute Gasteiger partial charge is 0.241 e. The third-order valence-electron chi connectivity index (χ3n) is 2.12. The highest BCUT2D eigenvalue weighted by Gasteiger charge is 2.21. The molecule has 0 radical (unpaired) electrons. The summed E-state index contributed by atoms with van der Waals surface area (Å²) in [4.78, 5) is 8.05. The van der Waals surface area contributed by atoms with Gasteiger partial charge in [0.25, 0.3) is 0 Å². The molecule has 0 aliphatic rings. The number of aromatic amines is 1. The van der Waals surface area contributed by atoms with Crippen LogP contribution < -0.4 is 9.47 Å². The Morgan fingerprint density at radius 2 is 2.12 bits per heavy atom. The molecule has 2 heterocycles. The van der Waals surface area contributed by atoms with Crippen molar-refractivity contribution in [3.8, 4) is 11.8 Å². The van der Waals surface area contributed by atoms with Crippen LogP contribution in [0, 0.1) is 0 Å². The third kappa shape index (κ3) is 2.16.